The molecule has 160 valence electrons. The first-order valence-corrected chi connectivity index (χ1v) is 11.3. The number of allylic oxidation sites excluding steroid dienone is 2. The van der Waals surface area contributed by atoms with Crippen LogP contribution in [0.4, 0.5) is 5.69 Å². The number of thiazole rings is 1. The minimum absolute atomic E-state index is 0.273. The average molecular weight is 434 g/mol. The van der Waals surface area contributed by atoms with E-state index < -0.39 is 0 Å². The highest BCUT2D eigenvalue weighted by Crippen LogP contribution is 2.30. The van der Waals surface area contributed by atoms with Crippen LogP contribution in [0.25, 0.3) is 11.4 Å². The lowest BCUT2D eigenvalue weighted by atomic mass is 10.1. The van der Waals surface area contributed by atoms with Crippen molar-refractivity contribution in [3.63, 3.8) is 0 Å². The van der Waals surface area contributed by atoms with E-state index in [-0.39, 0.29) is 5.92 Å². The van der Waals surface area contributed by atoms with Crippen molar-refractivity contribution in [1.29, 1.82) is 0 Å². The first-order valence-electron chi connectivity index (χ1n) is 10.4. The Labute approximate surface area is 187 Å². The largest absolute Gasteiger partial charge is 0.487 e. The molecule has 0 radical (unpaired) electrons. The molecule has 1 aliphatic heterocycles. The van der Waals surface area contributed by atoms with Gasteiger partial charge in [0.1, 0.15) is 18.2 Å². The number of pyridine rings is 1. The first-order chi connectivity index (χ1) is 14.9. The van der Waals surface area contributed by atoms with Gasteiger partial charge in [-0.1, -0.05) is 13.8 Å². The molecular weight excluding hydrogens is 406 g/mol. The van der Waals surface area contributed by atoms with E-state index in [0.717, 1.165) is 51.6 Å². The minimum atomic E-state index is 0.273. The summed E-state index contributed by atoms with van der Waals surface area (Å²) in [5.41, 5.74) is 6.04. The van der Waals surface area contributed by atoms with E-state index in [1.54, 1.807) is 17.5 Å². The monoisotopic (exact) mass is 433 g/mol. The second-order valence-corrected chi connectivity index (χ2v) is 9.08. The third-order valence-corrected chi connectivity index (χ3v) is 5.95. The van der Waals surface area contributed by atoms with E-state index in [1.807, 2.05) is 30.6 Å². The van der Waals surface area contributed by atoms with Gasteiger partial charge < -0.3 is 9.64 Å². The van der Waals surface area contributed by atoms with Gasteiger partial charge in [0.05, 0.1) is 22.1 Å². The van der Waals surface area contributed by atoms with Gasteiger partial charge in [0.25, 0.3) is 0 Å². The number of aromatic nitrogens is 4. The second-order valence-electron chi connectivity index (χ2n) is 8.02. The van der Waals surface area contributed by atoms with Crippen LogP contribution in [0.15, 0.2) is 59.1 Å². The Morgan fingerprint density at radius 2 is 1.87 bits per heavy atom. The number of rotatable bonds is 6. The molecule has 31 heavy (non-hydrogen) atoms. The predicted octanol–water partition coefficient (Wildman–Crippen LogP) is 5.64. The number of nitrogens with zero attached hydrogens (tertiary/aromatic N) is 5. The molecule has 0 unspecified atom stereocenters. The van der Waals surface area contributed by atoms with E-state index in [9.17, 15) is 0 Å². The molecule has 0 amide bonds. The lowest BCUT2D eigenvalue weighted by Crippen LogP contribution is -2.27. The summed E-state index contributed by atoms with van der Waals surface area (Å²) in [5.74, 6) is 2.02. The molecule has 0 bridgehead atoms. The van der Waals surface area contributed by atoms with Gasteiger partial charge in [-0.05, 0) is 50.6 Å². The van der Waals surface area contributed by atoms with Crippen LogP contribution in [0.3, 0.4) is 0 Å². The maximum atomic E-state index is 6.07. The van der Waals surface area contributed by atoms with Crippen LogP contribution in [-0.4, -0.2) is 26.5 Å². The summed E-state index contributed by atoms with van der Waals surface area (Å²) in [7, 11) is 0. The van der Waals surface area contributed by atoms with E-state index in [2.05, 4.69) is 64.7 Å². The summed E-state index contributed by atoms with van der Waals surface area (Å²) in [6.07, 6.45) is 5.74. The molecule has 0 fully saturated rings. The smallest absolute Gasteiger partial charge is 0.131 e. The summed E-state index contributed by atoms with van der Waals surface area (Å²) in [5, 5.41) is 3.11. The van der Waals surface area contributed by atoms with Crippen molar-refractivity contribution in [2.24, 2.45) is 0 Å². The zero-order valence-corrected chi connectivity index (χ0v) is 19.4. The Hall–Kier alpha value is -3.06. The standard InChI is InChI=1S/C24H27N5OS/c1-15(2)24-26-9-7-21(28-24)22-11-20(6-8-25-22)29-12-16(3)23(10-17(29)4)30-13-19-14-31-18(5)27-19/h6-11,14-15H,12-13H2,1-5H3. The lowest BCUT2D eigenvalue weighted by Gasteiger charge is -2.30. The van der Waals surface area contributed by atoms with Gasteiger partial charge in [-0.2, -0.15) is 0 Å². The quantitative estimate of drug-likeness (QED) is 0.501. The molecule has 0 saturated carbocycles. The topological polar surface area (TPSA) is 64.0 Å². The molecule has 0 aromatic carbocycles. The van der Waals surface area contributed by atoms with E-state index in [0.29, 0.717) is 6.61 Å². The molecule has 4 heterocycles. The van der Waals surface area contributed by atoms with Gasteiger partial charge in [-0.3, -0.25) is 4.98 Å². The second kappa shape index (κ2) is 8.98. The van der Waals surface area contributed by atoms with E-state index in [1.165, 1.54) is 5.57 Å². The third kappa shape index (κ3) is 4.82. The Morgan fingerprint density at radius 3 is 2.61 bits per heavy atom. The van der Waals surface area contributed by atoms with Crippen LogP contribution in [0.1, 0.15) is 50.1 Å². The van der Waals surface area contributed by atoms with Gasteiger partial charge in [0.15, 0.2) is 0 Å². The van der Waals surface area contributed by atoms with Crippen molar-refractivity contribution in [3.8, 4) is 11.4 Å². The van der Waals surface area contributed by atoms with Gasteiger partial charge in [0.2, 0.25) is 0 Å². The highest BCUT2D eigenvalue weighted by molar-refractivity contribution is 7.09. The van der Waals surface area contributed by atoms with Crippen LogP contribution in [-0.2, 0) is 11.3 Å². The van der Waals surface area contributed by atoms with Crippen molar-refractivity contribution in [2.45, 2.75) is 47.1 Å². The fourth-order valence-corrected chi connectivity index (χ4v) is 4.04. The number of hydrogen-bond acceptors (Lipinski definition) is 7. The van der Waals surface area contributed by atoms with Crippen molar-refractivity contribution in [2.75, 3.05) is 11.4 Å². The zero-order valence-electron chi connectivity index (χ0n) is 18.6. The van der Waals surface area contributed by atoms with Gasteiger partial charge in [-0.15, -0.1) is 11.3 Å². The maximum absolute atomic E-state index is 6.07. The van der Waals surface area contributed by atoms with Gasteiger partial charge >= 0.3 is 0 Å². The number of hydrogen-bond donors (Lipinski definition) is 0. The summed E-state index contributed by atoms with van der Waals surface area (Å²) in [6, 6.07) is 6.03. The summed E-state index contributed by atoms with van der Waals surface area (Å²) in [6.45, 7) is 11.7. The lowest BCUT2D eigenvalue weighted by molar-refractivity contribution is 0.203. The molecule has 3 aromatic heterocycles. The average Bonchev–Trinajstić information content (AvgIpc) is 3.19. The first kappa shape index (κ1) is 21.2. The molecular formula is C24H27N5OS. The Balaban J connectivity index is 1.53. The van der Waals surface area contributed by atoms with E-state index in [4.69, 9.17) is 4.74 Å². The van der Waals surface area contributed by atoms with Crippen LogP contribution in [0.5, 0.6) is 0 Å². The van der Waals surface area contributed by atoms with Crippen LogP contribution < -0.4 is 4.90 Å². The van der Waals surface area contributed by atoms with Crippen LogP contribution >= 0.6 is 11.3 Å². The van der Waals surface area contributed by atoms with Gasteiger partial charge in [0, 0.05) is 41.6 Å². The molecule has 4 rings (SSSR count). The molecule has 0 atom stereocenters. The fourth-order valence-electron chi connectivity index (χ4n) is 3.44. The molecule has 0 N–H and O–H groups in total. The van der Waals surface area contributed by atoms with Crippen molar-refractivity contribution >= 4 is 17.0 Å². The summed E-state index contributed by atoms with van der Waals surface area (Å²) >= 11 is 1.65. The predicted molar refractivity (Wildman–Crippen MR) is 125 cm³/mol. The maximum Gasteiger partial charge on any atom is 0.131 e. The van der Waals surface area contributed by atoms with Crippen LogP contribution in [0, 0.1) is 6.92 Å². The van der Waals surface area contributed by atoms with Crippen molar-refractivity contribution in [3.05, 3.63) is 75.6 Å². The highest BCUT2D eigenvalue weighted by Gasteiger charge is 2.19. The molecule has 0 saturated heterocycles. The summed E-state index contributed by atoms with van der Waals surface area (Å²) < 4.78 is 6.07. The van der Waals surface area contributed by atoms with Crippen molar-refractivity contribution in [1.82, 2.24) is 19.9 Å². The molecule has 0 aliphatic carbocycles. The SMILES string of the molecule is CC1=CC(OCc2csc(C)n2)=C(C)CN1c1ccnc(-c2ccnc(C(C)C)n2)c1. The molecule has 7 heteroatoms. The van der Waals surface area contributed by atoms with Crippen LogP contribution in [0.2, 0.25) is 0 Å². The zero-order chi connectivity index (χ0) is 22.0. The highest BCUT2D eigenvalue weighted by atomic mass is 32.1. The number of aryl methyl sites for hydroxylation is 1. The van der Waals surface area contributed by atoms with Crippen molar-refractivity contribution < 1.29 is 4.74 Å². The number of ether oxygens (including phenoxy) is 1. The Morgan fingerprint density at radius 1 is 1.06 bits per heavy atom. The Kier molecular flexibility index (Phi) is 6.13. The summed E-state index contributed by atoms with van der Waals surface area (Å²) in [4.78, 5) is 20.4. The fraction of sp³-hybridized carbons (Fsp3) is 0.333. The molecule has 6 nitrogen and oxygen atoms in total. The van der Waals surface area contributed by atoms with Gasteiger partial charge in [-0.25, -0.2) is 15.0 Å². The number of anilines is 1. The molecule has 1 aliphatic rings. The molecule has 3 aromatic rings. The normalized spacial score (nSPS) is 14.3. The van der Waals surface area contributed by atoms with E-state index >= 15 is 0 Å². The Bertz CT molecular complexity index is 1150. The third-order valence-electron chi connectivity index (χ3n) is 5.13. The molecule has 0 spiro atoms. The minimum Gasteiger partial charge on any atom is -0.487 e.